The summed E-state index contributed by atoms with van der Waals surface area (Å²) in [5.41, 5.74) is 1.81. The fourth-order valence-electron chi connectivity index (χ4n) is 2.04. The Morgan fingerprint density at radius 1 is 1.13 bits per heavy atom. The first kappa shape index (κ1) is 15.8. The SMILES string of the molecule is O=C(CSc1nccn1-c1ccc(Br)cc1)Nc1ccccc1. The number of hydrogen-bond donors (Lipinski definition) is 1. The van der Waals surface area contributed by atoms with Gasteiger partial charge in [-0.25, -0.2) is 4.98 Å². The zero-order valence-corrected chi connectivity index (χ0v) is 14.5. The highest BCUT2D eigenvalue weighted by Gasteiger charge is 2.09. The van der Waals surface area contributed by atoms with Crippen LogP contribution in [-0.2, 0) is 4.79 Å². The number of carbonyl (C=O) groups is 1. The summed E-state index contributed by atoms with van der Waals surface area (Å²) in [6, 6.07) is 17.4. The molecular formula is C17H14BrN3OS. The van der Waals surface area contributed by atoms with Crippen molar-refractivity contribution in [2.45, 2.75) is 5.16 Å². The number of amides is 1. The van der Waals surface area contributed by atoms with E-state index in [9.17, 15) is 4.79 Å². The van der Waals surface area contributed by atoms with Gasteiger partial charge in [0.1, 0.15) is 0 Å². The molecule has 0 radical (unpaired) electrons. The number of para-hydroxylation sites is 1. The van der Waals surface area contributed by atoms with Crippen molar-refractivity contribution in [2.75, 3.05) is 11.1 Å². The molecule has 0 aliphatic carbocycles. The van der Waals surface area contributed by atoms with Gasteiger partial charge in [-0.2, -0.15) is 0 Å². The van der Waals surface area contributed by atoms with Crippen molar-refractivity contribution in [1.82, 2.24) is 9.55 Å². The van der Waals surface area contributed by atoms with E-state index >= 15 is 0 Å². The van der Waals surface area contributed by atoms with E-state index in [2.05, 4.69) is 26.2 Å². The molecule has 0 spiro atoms. The van der Waals surface area contributed by atoms with Crippen LogP contribution in [0.3, 0.4) is 0 Å². The van der Waals surface area contributed by atoms with Crippen LogP contribution in [0.5, 0.6) is 0 Å². The van der Waals surface area contributed by atoms with Crippen LogP contribution < -0.4 is 5.32 Å². The number of anilines is 1. The number of imidazole rings is 1. The topological polar surface area (TPSA) is 46.9 Å². The van der Waals surface area contributed by atoms with Crippen molar-refractivity contribution in [3.63, 3.8) is 0 Å². The van der Waals surface area contributed by atoms with E-state index in [0.29, 0.717) is 5.75 Å². The predicted octanol–water partition coefficient (Wildman–Crippen LogP) is 4.37. The highest BCUT2D eigenvalue weighted by atomic mass is 79.9. The Morgan fingerprint density at radius 2 is 1.87 bits per heavy atom. The summed E-state index contributed by atoms with van der Waals surface area (Å²) in [5.74, 6) is 0.258. The van der Waals surface area contributed by atoms with Crippen molar-refractivity contribution < 1.29 is 4.79 Å². The molecule has 0 aliphatic heterocycles. The van der Waals surface area contributed by atoms with Gasteiger partial charge >= 0.3 is 0 Å². The molecular weight excluding hydrogens is 374 g/mol. The smallest absolute Gasteiger partial charge is 0.234 e. The third-order valence-electron chi connectivity index (χ3n) is 3.10. The largest absolute Gasteiger partial charge is 0.325 e. The van der Waals surface area contributed by atoms with Gasteiger partial charge in [0, 0.05) is 28.2 Å². The zero-order chi connectivity index (χ0) is 16.1. The quantitative estimate of drug-likeness (QED) is 0.661. The van der Waals surface area contributed by atoms with Gasteiger partial charge in [-0.1, -0.05) is 45.9 Å². The normalized spacial score (nSPS) is 10.5. The number of halogens is 1. The maximum atomic E-state index is 12.0. The minimum atomic E-state index is -0.0495. The molecule has 0 atom stereocenters. The summed E-state index contributed by atoms with van der Waals surface area (Å²) in [6.45, 7) is 0. The highest BCUT2D eigenvalue weighted by molar-refractivity contribution is 9.10. The first-order valence-electron chi connectivity index (χ1n) is 6.99. The van der Waals surface area contributed by atoms with E-state index in [1.807, 2.05) is 65.4 Å². The molecule has 1 aromatic heterocycles. The van der Waals surface area contributed by atoms with Gasteiger partial charge in [0.2, 0.25) is 5.91 Å². The lowest BCUT2D eigenvalue weighted by Crippen LogP contribution is -2.14. The second-order valence-electron chi connectivity index (χ2n) is 4.76. The van der Waals surface area contributed by atoms with Crippen molar-refractivity contribution >= 4 is 39.3 Å². The average molecular weight is 388 g/mol. The first-order chi connectivity index (χ1) is 11.2. The molecule has 23 heavy (non-hydrogen) atoms. The Kier molecular flexibility index (Phi) is 5.15. The number of nitrogens with one attached hydrogen (secondary N) is 1. The highest BCUT2D eigenvalue weighted by Crippen LogP contribution is 2.22. The van der Waals surface area contributed by atoms with Gasteiger partial charge < -0.3 is 5.32 Å². The fraction of sp³-hybridized carbons (Fsp3) is 0.0588. The lowest BCUT2D eigenvalue weighted by Gasteiger charge is -2.08. The molecule has 0 saturated heterocycles. The Balaban J connectivity index is 1.64. The molecule has 2 aromatic carbocycles. The van der Waals surface area contributed by atoms with Gasteiger partial charge in [-0.3, -0.25) is 9.36 Å². The standard InChI is InChI=1S/C17H14BrN3OS/c18-13-6-8-15(9-7-13)21-11-10-19-17(21)23-12-16(22)20-14-4-2-1-3-5-14/h1-11H,12H2,(H,20,22). The second kappa shape index (κ2) is 7.48. The first-order valence-corrected chi connectivity index (χ1v) is 8.77. The Morgan fingerprint density at radius 3 is 2.61 bits per heavy atom. The zero-order valence-electron chi connectivity index (χ0n) is 12.1. The minimum absolute atomic E-state index is 0.0495. The molecule has 1 amide bonds. The maximum Gasteiger partial charge on any atom is 0.234 e. The number of nitrogens with zero attached hydrogens (tertiary/aromatic N) is 2. The molecule has 116 valence electrons. The molecule has 0 bridgehead atoms. The van der Waals surface area contributed by atoms with E-state index < -0.39 is 0 Å². The summed E-state index contributed by atoms with van der Waals surface area (Å²) >= 11 is 4.83. The van der Waals surface area contributed by atoms with E-state index in [1.165, 1.54) is 11.8 Å². The molecule has 6 heteroatoms. The van der Waals surface area contributed by atoms with Gasteiger partial charge in [0.15, 0.2) is 5.16 Å². The van der Waals surface area contributed by atoms with Crippen LogP contribution in [0.25, 0.3) is 5.69 Å². The molecule has 1 N–H and O–H groups in total. The number of aromatic nitrogens is 2. The lowest BCUT2D eigenvalue weighted by molar-refractivity contribution is -0.113. The van der Waals surface area contributed by atoms with Crippen LogP contribution >= 0.6 is 27.7 Å². The van der Waals surface area contributed by atoms with Gasteiger partial charge in [-0.15, -0.1) is 0 Å². The molecule has 0 aliphatic rings. The molecule has 0 saturated carbocycles. The van der Waals surface area contributed by atoms with Crippen LogP contribution in [0.15, 0.2) is 76.6 Å². The Bertz CT molecular complexity index is 787. The lowest BCUT2D eigenvalue weighted by atomic mass is 10.3. The monoisotopic (exact) mass is 387 g/mol. The number of benzene rings is 2. The van der Waals surface area contributed by atoms with E-state index in [-0.39, 0.29) is 5.91 Å². The summed E-state index contributed by atoms with van der Waals surface area (Å²) in [7, 11) is 0. The molecule has 3 aromatic rings. The van der Waals surface area contributed by atoms with Crippen LogP contribution in [0, 0.1) is 0 Å². The molecule has 0 unspecified atom stereocenters. The molecule has 1 heterocycles. The van der Waals surface area contributed by atoms with Crippen LogP contribution in [0.2, 0.25) is 0 Å². The molecule has 4 nitrogen and oxygen atoms in total. The number of thioether (sulfide) groups is 1. The van der Waals surface area contributed by atoms with Crippen molar-refractivity contribution in [3.8, 4) is 5.69 Å². The molecule has 0 fully saturated rings. The average Bonchev–Trinajstić information content (AvgIpc) is 3.03. The van der Waals surface area contributed by atoms with E-state index in [0.717, 1.165) is 21.0 Å². The Labute approximate surface area is 147 Å². The van der Waals surface area contributed by atoms with Crippen LogP contribution in [0.1, 0.15) is 0 Å². The fourth-order valence-corrected chi connectivity index (χ4v) is 3.08. The number of carbonyl (C=O) groups excluding carboxylic acids is 1. The number of hydrogen-bond acceptors (Lipinski definition) is 3. The van der Waals surface area contributed by atoms with Crippen LogP contribution in [-0.4, -0.2) is 21.2 Å². The van der Waals surface area contributed by atoms with Crippen LogP contribution in [0.4, 0.5) is 5.69 Å². The molecule has 3 rings (SSSR count). The van der Waals surface area contributed by atoms with E-state index in [4.69, 9.17) is 0 Å². The van der Waals surface area contributed by atoms with Crippen molar-refractivity contribution in [2.24, 2.45) is 0 Å². The van der Waals surface area contributed by atoms with Gasteiger partial charge in [0.05, 0.1) is 5.75 Å². The Hall–Kier alpha value is -2.05. The van der Waals surface area contributed by atoms with Gasteiger partial charge in [0.25, 0.3) is 0 Å². The van der Waals surface area contributed by atoms with E-state index in [1.54, 1.807) is 6.20 Å². The third-order valence-corrected chi connectivity index (χ3v) is 4.60. The predicted molar refractivity (Wildman–Crippen MR) is 97.1 cm³/mol. The summed E-state index contributed by atoms with van der Waals surface area (Å²) in [5, 5.41) is 3.66. The van der Waals surface area contributed by atoms with Crippen molar-refractivity contribution in [1.29, 1.82) is 0 Å². The second-order valence-corrected chi connectivity index (χ2v) is 6.62. The van der Waals surface area contributed by atoms with Gasteiger partial charge in [-0.05, 0) is 36.4 Å². The maximum absolute atomic E-state index is 12.0. The third kappa shape index (κ3) is 4.24. The minimum Gasteiger partial charge on any atom is -0.325 e. The number of rotatable bonds is 5. The summed E-state index contributed by atoms with van der Waals surface area (Å²) < 4.78 is 2.99. The summed E-state index contributed by atoms with van der Waals surface area (Å²) in [6.07, 6.45) is 3.63. The van der Waals surface area contributed by atoms with Crippen molar-refractivity contribution in [3.05, 3.63) is 71.5 Å². The summed E-state index contributed by atoms with van der Waals surface area (Å²) in [4.78, 5) is 16.4.